The van der Waals surface area contributed by atoms with Gasteiger partial charge in [-0.2, -0.15) is 0 Å². The highest BCUT2D eigenvalue weighted by Gasteiger charge is 2.27. The number of fused-ring (bicyclic) bond motifs is 1. The van der Waals surface area contributed by atoms with Gasteiger partial charge in [0.2, 0.25) is 0 Å². The lowest BCUT2D eigenvalue weighted by Gasteiger charge is -2.30. The van der Waals surface area contributed by atoms with Gasteiger partial charge in [-0.25, -0.2) is 15.0 Å². The molecule has 0 saturated heterocycles. The normalized spacial score (nSPS) is 17.6. The summed E-state index contributed by atoms with van der Waals surface area (Å²) in [5.41, 5.74) is 12.1. The summed E-state index contributed by atoms with van der Waals surface area (Å²) in [5.74, 6) is 2.65. The van der Waals surface area contributed by atoms with E-state index in [-0.39, 0.29) is 5.92 Å². The molecule has 1 aliphatic rings. The molecule has 8 aromatic rings. The van der Waals surface area contributed by atoms with Crippen molar-refractivity contribution >= 4 is 21.9 Å². The molecular formula is C53H43N3. The van der Waals surface area contributed by atoms with Crippen LogP contribution in [0.5, 0.6) is 0 Å². The first kappa shape index (κ1) is 35.0. The first-order chi connectivity index (χ1) is 27.7. The van der Waals surface area contributed by atoms with E-state index in [2.05, 4.69) is 140 Å². The van der Waals surface area contributed by atoms with Gasteiger partial charge in [0.15, 0.2) is 17.5 Å². The van der Waals surface area contributed by atoms with Crippen molar-refractivity contribution in [2.45, 2.75) is 32.1 Å². The topological polar surface area (TPSA) is 38.7 Å². The average Bonchev–Trinajstić information content (AvgIpc) is 3.27. The number of aromatic nitrogens is 3. The molecule has 0 spiro atoms. The molecule has 0 amide bonds. The summed E-state index contributed by atoms with van der Waals surface area (Å²) in [6.07, 6.45) is 8.15. The van der Waals surface area contributed by atoms with Crippen LogP contribution in [0.25, 0.3) is 67.2 Å². The van der Waals surface area contributed by atoms with Crippen molar-refractivity contribution in [3.63, 3.8) is 0 Å². The van der Waals surface area contributed by atoms with Crippen molar-refractivity contribution in [1.29, 1.82) is 0 Å². The predicted molar refractivity (Wildman–Crippen MR) is 234 cm³/mol. The Hall–Kier alpha value is -6.71. The summed E-state index contributed by atoms with van der Waals surface area (Å²) in [4.78, 5) is 15.0. The Bertz CT molecular complexity index is 2590. The van der Waals surface area contributed by atoms with Gasteiger partial charge in [-0.15, -0.1) is 0 Å². The monoisotopic (exact) mass is 721 g/mol. The molecule has 0 radical (unpaired) electrons. The van der Waals surface area contributed by atoms with Crippen LogP contribution in [0.15, 0.2) is 194 Å². The van der Waals surface area contributed by atoms with Crippen LogP contribution in [0.3, 0.4) is 0 Å². The van der Waals surface area contributed by atoms with Crippen molar-refractivity contribution in [3.8, 4) is 45.3 Å². The Morgan fingerprint density at radius 1 is 0.446 bits per heavy atom. The van der Waals surface area contributed by atoms with Gasteiger partial charge < -0.3 is 0 Å². The molecule has 0 N–H and O–H groups in total. The highest BCUT2D eigenvalue weighted by molar-refractivity contribution is 6.04. The van der Waals surface area contributed by atoms with E-state index in [1.54, 1.807) is 0 Å². The van der Waals surface area contributed by atoms with Gasteiger partial charge in [0.1, 0.15) is 0 Å². The summed E-state index contributed by atoms with van der Waals surface area (Å²) >= 11 is 0. The summed E-state index contributed by atoms with van der Waals surface area (Å²) in [5, 5.41) is 2.28. The second-order valence-electron chi connectivity index (χ2n) is 14.5. The maximum Gasteiger partial charge on any atom is 0.164 e. The van der Waals surface area contributed by atoms with Gasteiger partial charge in [0.25, 0.3) is 0 Å². The minimum atomic E-state index is 0.277. The van der Waals surface area contributed by atoms with Crippen LogP contribution in [0, 0.1) is 5.92 Å². The lowest BCUT2D eigenvalue weighted by Crippen LogP contribution is -2.15. The molecule has 3 nitrogen and oxygen atoms in total. The molecule has 2 atom stereocenters. The highest BCUT2D eigenvalue weighted by Crippen LogP contribution is 2.43. The fraction of sp³-hybridized carbons (Fsp3) is 0.113. The van der Waals surface area contributed by atoms with E-state index in [0.717, 1.165) is 41.3 Å². The van der Waals surface area contributed by atoms with Gasteiger partial charge in [-0.1, -0.05) is 195 Å². The van der Waals surface area contributed by atoms with Crippen LogP contribution in [0.2, 0.25) is 0 Å². The van der Waals surface area contributed by atoms with Crippen molar-refractivity contribution in [2.75, 3.05) is 0 Å². The van der Waals surface area contributed by atoms with E-state index >= 15 is 0 Å². The standard InChI is InChI=1S/C53H43N3/c1-2-44-45(38-18-7-3-8-19-38)29-17-26-43(36-50(44)39-20-9-4-10-21-39)37-30-32-40(33-31-37)46-34-35-49(48-28-16-15-27-47(46)48)53-55-51(41-22-11-5-12-23-41)54-52(56-53)42-24-13-6-14-25-42/h3-16,18-25,27-36,44,50H,2,17,26H2,1H3/b43-36+,45-29-. The lowest BCUT2D eigenvalue weighted by molar-refractivity contribution is 0.577. The maximum absolute atomic E-state index is 5.06. The zero-order valence-electron chi connectivity index (χ0n) is 31.6. The fourth-order valence-electron chi connectivity index (χ4n) is 8.36. The zero-order valence-corrected chi connectivity index (χ0v) is 31.6. The average molecular weight is 722 g/mol. The first-order valence-corrected chi connectivity index (χ1v) is 19.7. The second-order valence-corrected chi connectivity index (χ2v) is 14.5. The van der Waals surface area contributed by atoms with Crippen LogP contribution in [0.4, 0.5) is 0 Å². The summed E-state index contributed by atoms with van der Waals surface area (Å²) in [7, 11) is 0. The number of hydrogen-bond acceptors (Lipinski definition) is 3. The van der Waals surface area contributed by atoms with Gasteiger partial charge in [0, 0.05) is 22.6 Å². The van der Waals surface area contributed by atoms with Crippen molar-refractivity contribution in [1.82, 2.24) is 15.0 Å². The van der Waals surface area contributed by atoms with E-state index < -0.39 is 0 Å². The highest BCUT2D eigenvalue weighted by atomic mass is 15.0. The molecule has 0 fully saturated rings. The fourth-order valence-corrected chi connectivity index (χ4v) is 8.36. The van der Waals surface area contributed by atoms with E-state index in [9.17, 15) is 0 Å². The Morgan fingerprint density at radius 3 is 1.52 bits per heavy atom. The molecule has 7 aromatic carbocycles. The molecule has 0 saturated carbocycles. The molecule has 1 aromatic heterocycles. The minimum Gasteiger partial charge on any atom is -0.208 e. The third-order valence-corrected chi connectivity index (χ3v) is 11.2. The molecule has 0 aliphatic heterocycles. The molecule has 2 unspecified atom stereocenters. The zero-order chi connectivity index (χ0) is 37.7. The Balaban J connectivity index is 1.09. The van der Waals surface area contributed by atoms with Gasteiger partial charge in [0.05, 0.1) is 0 Å². The molecule has 270 valence electrons. The van der Waals surface area contributed by atoms with Crippen LogP contribution in [-0.4, -0.2) is 15.0 Å². The van der Waals surface area contributed by atoms with Gasteiger partial charge in [-0.3, -0.25) is 0 Å². The molecule has 1 aliphatic carbocycles. The summed E-state index contributed by atoms with van der Waals surface area (Å²) in [6, 6.07) is 64.6. The Morgan fingerprint density at radius 2 is 0.929 bits per heavy atom. The van der Waals surface area contributed by atoms with Crippen molar-refractivity contribution in [3.05, 3.63) is 211 Å². The third-order valence-electron chi connectivity index (χ3n) is 11.2. The number of nitrogens with zero attached hydrogens (tertiary/aromatic N) is 3. The number of benzene rings is 7. The van der Waals surface area contributed by atoms with Gasteiger partial charge >= 0.3 is 0 Å². The SMILES string of the molecule is CCC1/C(c2ccccc2)=C\CC/C(c2ccc(-c3ccc(-c4nc(-c5ccccc5)nc(-c5ccccc5)n4)c4ccccc34)cc2)=C\C1c1ccccc1. The van der Waals surface area contributed by atoms with Crippen LogP contribution in [0.1, 0.15) is 48.8 Å². The molecule has 0 bridgehead atoms. The van der Waals surface area contributed by atoms with Gasteiger partial charge in [-0.05, 0) is 81.0 Å². The summed E-state index contributed by atoms with van der Waals surface area (Å²) in [6.45, 7) is 2.34. The van der Waals surface area contributed by atoms with Crippen LogP contribution >= 0.6 is 0 Å². The van der Waals surface area contributed by atoms with E-state index in [1.807, 2.05) is 60.7 Å². The van der Waals surface area contributed by atoms with Crippen molar-refractivity contribution in [2.24, 2.45) is 5.92 Å². The number of hydrogen-bond donors (Lipinski definition) is 0. The molecule has 3 heteroatoms. The lowest BCUT2D eigenvalue weighted by atomic mass is 9.74. The minimum absolute atomic E-state index is 0.277. The third kappa shape index (κ3) is 7.12. The Kier molecular flexibility index (Phi) is 9.97. The van der Waals surface area contributed by atoms with E-state index in [0.29, 0.717) is 23.4 Å². The Labute approximate surface area is 329 Å². The molecule has 9 rings (SSSR count). The predicted octanol–water partition coefficient (Wildman–Crippen LogP) is 13.8. The van der Waals surface area contributed by atoms with Crippen LogP contribution in [-0.2, 0) is 0 Å². The largest absolute Gasteiger partial charge is 0.208 e. The maximum atomic E-state index is 5.06. The molecule has 1 heterocycles. The quantitative estimate of drug-likeness (QED) is 0.157. The van der Waals surface area contributed by atoms with E-state index in [1.165, 1.54) is 44.3 Å². The smallest absolute Gasteiger partial charge is 0.164 e. The first-order valence-electron chi connectivity index (χ1n) is 19.7. The molecule has 56 heavy (non-hydrogen) atoms. The van der Waals surface area contributed by atoms with Crippen molar-refractivity contribution < 1.29 is 0 Å². The second kappa shape index (κ2) is 15.9. The van der Waals surface area contributed by atoms with E-state index in [4.69, 9.17) is 15.0 Å². The van der Waals surface area contributed by atoms with Crippen LogP contribution < -0.4 is 0 Å². The number of rotatable bonds is 8. The summed E-state index contributed by atoms with van der Waals surface area (Å²) < 4.78 is 0. The molecular weight excluding hydrogens is 679 g/mol. The number of allylic oxidation sites excluding steroid dienone is 4.